The van der Waals surface area contributed by atoms with Crippen LogP contribution >= 0.6 is 15.9 Å². The summed E-state index contributed by atoms with van der Waals surface area (Å²) in [5.74, 6) is 1.15. The molecule has 24 heavy (non-hydrogen) atoms. The van der Waals surface area contributed by atoms with Crippen LogP contribution in [0, 0.1) is 0 Å². The van der Waals surface area contributed by atoms with Crippen molar-refractivity contribution >= 4 is 33.6 Å². The first-order valence-electron chi connectivity index (χ1n) is 7.68. The zero-order chi connectivity index (χ0) is 17.4. The first kappa shape index (κ1) is 18.1. The molecule has 1 amide bonds. The van der Waals surface area contributed by atoms with Gasteiger partial charge < -0.3 is 14.8 Å². The molecule has 0 radical (unpaired) electrons. The highest BCUT2D eigenvalue weighted by atomic mass is 79.9. The maximum Gasteiger partial charge on any atom is 0.248 e. The minimum absolute atomic E-state index is 0.202. The van der Waals surface area contributed by atoms with Crippen molar-refractivity contribution in [2.45, 2.75) is 13.3 Å². The van der Waals surface area contributed by atoms with Crippen molar-refractivity contribution in [2.24, 2.45) is 0 Å². The van der Waals surface area contributed by atoms with Crippen LogP contribution in [-0.2, 0) is 4.79 Å². The highest BCUT2D eigenvalue weighted by molar-refractivity contribution is 9.10. The lowest BCUT2D eigenvalue weighted by molar-refractivity contribution is -0.111. The molecule has 0 aliphatic heterocycles. The highest BCUT2D eigenvalue weighted by Crippen LogP contribution is 2.28. The number of benzene rings is 2. The van der Waals surface area contributed by atoms with Crippen molar-refractivity contribution in [3.05, 3.63) is 58.6 Å². The van der Waals surface area contributed by atoms with Gasteiger partial charge in [0.1, 0.15) is 0 Å². The van der Waals surface area contributed by atoms with E-state index >= 15 is 0 Å². The number of rotatable bonds is 7. The van der Waals surface area contributed by atoms with E-state index in [0.29, 0.717) is 18.1 Å². The molecular weight excluding hydrogens is 370 g/mol. The van der Waals surface area contributed by atoms with E-state index in [1.54, 1.807) is 13.2 Å². The summed E-state index contributed by atoms with van der Waals surface area (Å²) in [6.07, 6.45) is 4.15. The van der Waals surface area contributed by atoms with Crippen molar-refractivity contribution < 1.29 is 14.3 Å². The molecule has 0 atom stereocenters. The lowest BCUT2D eigenvalue weighted by Crippen LogP contribution is -2.08. The van der Waals surface area contributed by atoms with Crippen LogP contribution in [-0.4, -0.2) is 19.6 Å². The first-order valence-corrected chi connectivity index (χ1v) is 8.47. The van der Waals surface area contributed by atoms with Crippen LogP contribution < -0.4 is 14.8 Å². The molecule has 0 spiro atoms. The lowest BCUT2D eigenvalue weighted by atomic mass is 10.2. The Kier molecular flexibility index (Phi) is 6.88. The number of hydrogen-bond donors (Lipinski definition) is 1. The molecule has 0 saturated heterocycles. The van der Waals surface area contributed by atoms with E-state index in [1.165, 1.54) is 6.08 Å². The van der Waals surface area contributed by atoms with Crippen molar-refractivity contribution in [3.63, 3.8) is 0 Å². The number of methoxy groups -OCH3 is 1. The van der Waals surface area contributed by atoms with Crippen molar-refractivity contribution in [3.8, 4) is 11.5 Å². The molecule has 2 rings (SSSR count). The van der Waals surface area contributed by atoms with E-state index in [1.807, 2.05) is 49.4 Å². The molecule has 126 valence electrons. The van der Waals surface area contributed by atoms with E-state index in [9.17, 15) is 4.79 Å². The Labute approximate surface area is 150 Å². The average molecular weight is 390 g/mol. The van der Waals surface area contributed by atoms with Gasteiger partial charge in [0, 0.05) is 10.5 Å². The van der Waals surface area contributed by atoms with Crippen LogP contribution in [0.1, 0.15) is 18.9 Å². The van der Waals surface area contributed by atoms with Gasteiger partial charge in [0.15, 0.2) is 11.5 Å². The van der Waals surface area contributed by atoms with Crippen LogP contribution in [0.3, 0.4) is 0 Å². The lowest BCUT2D eigenvalue weighted by Gasteiger charge is -2.10. The van der Waals surface area contributed by atoms with Gasteiger partial charge in [-0.25, -0.2) is 0 Å². The number of carbonyl (C=O) groups excluding carboxylic acids is 1. The summed E-state index contributed by atoms with van der Waals surface area (Å²) in [5.41, 5.74) is 1.59. The van der Waals surface area contributed by atoms with Crippen LogP contribution in [0.4, 0.5) is 5.69 Å². The Balaban J connectivity index is 2.05. The molecule has 0 aliphatic rings. The summed E-state index contributed by atoms with van der Waals surface area (Å²) < 4.78 is 11.8. The molecule has 0 unspecified atom stereocenters. The molecule has 0 fully saturated rings. The summed E-state index contributed by atoms with van der Waals surface area (Å²) >= 11 is 3.40. The fraction of sp³-hybridized carbons (Fsp3) is 0.211. The maximum absolute atomic E-state index is 12.0. The molecule has 0 aliphatic carbocycles. The third-order valence-electron chi connectivity index (χ3n) is 3.21. The molecule has 0 heterocycles. The molecule has 0 aromatic heterocycles. The summed E-state index contributed by atoms with van der Waals surface area (Å²) in [7, 11) is 1.60. The second kappa shape index (κ2) is 9.13. The topological polar surface area (TPSA) is 47.6 Å². The maximum atomic E-state index is 12.0. The van der Waals surface area contributed by atoms with Gasteiger partial charge in [-0.2, -0.15) is 0 Å². The van der Waals surface area contributed by atoms with Gasteiger partial charge in [-0.05, 0) is 58.3 Å². The second-order valence-electron chi connectivity index (χ2n) is 5.06. The predicted molar refractivity (Wildman–Crippen MR) is 101 cm³/mol. The quantitative estimate of drug-likeness (QED) is 0.685. The number of carbonyl (C=O) groups is 1. The Morgan fingerprint density at radius 2 is 2.00 bits per heavy atom. The van der Waals surface area contributed by atoms with Crippen LogP contribution in [0.2, 0.25) is 0 Å². The average Bonchev–Trinajstić information content (AvgIpc) is 2.60. The summed E-state index contributed by atoms with van der Waals surface area (Å²) in [4.78, 5) is 12.0. The van der Waals surface area contributed by atoms with E-state index < -0.39 is 0 Å². The zero-order valence-electron chi connectivity index (χ0n) is 13.7. The van der Waals surface area contributed by atoms with Crippen LogP contribution in [0.25, 0.3) is 6.08 Å². The molecule has 0 saturated carbocycles. The Morgan fingerprint density at radius 3 is 2.71 bits per heavy atom. The summed E-state index contributed by atoms with van der Waals surface area (Å²) in [5, 5.41) is 2.82. The Morgan fingerprint density at radius 1 is 1.21 bits per heavy atom. The summed E-state index contributed by atoms with van der Waals surface area (Å²) in [6, 6.07) is 13.0. The molecule has 0 bridgehead atoms. The first-order chi connectivity index (χ1) is 11.6. The van der Waals surface area contributed by atoms with Gasteiger partial charge in [0.05, 0.1) is 19.4 Å². The largest absolute Gasteiger partial charge is 0.493 e. The molecule has 5 heteroatoms. The van der Waals surface area contributed by atoms with Crippen LogP contribution in [0.5, 0.6) is 11.5 Å². The van der Waals surface area contributed by atoms with Gasteiger partial charge in [-0.1, -0.05) is 25.1 Å². The monoisotopic (exact) mass is 389 g/mol. The number of ether oxygens (including phenoxy) is 2. The molecule has 2 aromatic rings. The number of nitrogens with one attached hydrogen (secondary N) is 1. The molecule has 1 N–H and O–H groups in total. The minimum Gasteiger partial charge on any atom is -0.493 e. The minimum atomic E-state index is -0.202. The van der Waals surface area contributed by atoms with E-state index in [0.717, 1.165) is 22.1 Å². The molecule has 2 aromatic carbocycles. The zero-order valence-corrected chi connectivity index (χ0v) is 15.3. The predicted octanol–water partition coefficient (Wildman–Crippen LogP) is 4.90. The molecular formula is C19H20BrNO3. The van der Waals surface area contributed by atoms with E-state index in [-0.39, 0.29) is 5.91 Å². The Hall–Kier alpha value is -2.27. The third-order valence-corrected chi connectivity index (χ3v) is 3.90. The van der Waals surface area contributed by atoms with Gasteiger partial charge in [-0.15, -0.1) is 0 Å². The third kappa shape index (κ3) is 5.13. The SMILES string of the molecule is CCCOc1ccc(C=CC(=O)Nc2ccccc2Br)cc1OC. The smallest absolute Gasteiger partial charge is 0.248 e. The van der Waals surface area contributed by atoms with E-state index in [4.69, 9.17) is 9.47 Å². The fourth-order valence-electron chi connectivity index (χ4n) is 2.03. The van der Waals surface area contributed by atoms with Crippen LogP contribution in [0.15, 0.2) is 53.0 Å². The van der Waals surface area contributed by atoms with E-state index in [2.05, 4.69) is 21.2 Å². The number of anilines is 1. The fourth-order valence-corrected chi connectivity index (χ4v) is 2.41. The van der Waals surface area contributed by atoms with Gasteiger partial charge in [-0.3, -0.25) is 4.79 Å². The van der Waals surface area contributed by atoms with Crippen molar-refractivity contribution in [1.29, 1.82) is 0 Å². The van der Waals surface area contributed by atoms with Gasteiger partial charge >= 0.3 is 0 Å². The standard InChI is InChI=1S/C19H20BrNO3/c1-3-12-24-17-10-8-14(13-18(17)23-2)9-11-19(22)21-16-7-5-4-6-15(16)20/h4-11,13H,3,12H2,1-2H3,(H,21,22). The second-order valence-corrected chi connectivity index (χ2v) is 5.92. The van der Waals surface area contributed by atoms with Crippen molar-refractivity contribution in [1.82, 2.24) is 0 Å². The summed E-state index contributed by atoms with van der Waals surface area (Å²) in [6.45, 7) is 2.69. The number of para-hydroxylation sites is 1. The number of hydrogen-bond acceptors (Lipinski definition) is 3. The van der Waals surface area contributed by atoms with Gasteiger partial charge in [0.25, 0.3) is 0 Å². The number of halogens is 1. The van der Waals surface area contributed by atoms with Crippen molar-refractivity contribution in [2.75, 3.05) is 19.0 Å². The Bertz CT molecular complexity index is 728. The molecule has 4 nitrogen and oxygen atoms in total. The van der Waals surface area contributed by atoms with Gasteiger partial charge in [0.2, 0.25) is 5.91 Å². The number of amides is 1. The highest BCUT2D eigenvalue weighted by Gasteiger charge is 2.05. The normalized spacial score (nSPS) is 10.6.